The molecule has 0 aliphatic rings. The van der Waals surface area contributed by atoms with Crippen LogP contribution in [0.1, 0.15) is 12.5 Å². The lowest BCUT2D eigenvalue weighted by molar-refractivity contribution is -0.385. The van der Waals surface area contributed by atoms with Crippen LogP contribution in [-0.4, -0.2) is 10.7 Å². The van der Waals surface area contributed by atoms with Crippen molar-refractivity contribution in [3.05, 3.63) is 44.4 Å². The number of halogens is 1. The number of ketones is 1. The van der Waals surface area contributed by atoms with Gasteiger partial charge in [0.05, 0.1) is 10.5 Å². The normalized spacial score (nSPS) is 10.5. The fraction of sp³-hybridized carbons (Fsp3) is 0.100. The average molecular weight is 270 g/mol. The zero-order chi connectivity index (χ0) is 11.4. The third-order valence-corrected chi connectivity index (χ3v) is 2.18. The number of nitro groups is 1. The lowest BCUT2D eigenvalue weighted by Gasteiger charge is -1.97. The molecule has 0 saturated heterocycles. The van der Waals surface area contributed by atoms with Crippen LogP contribution in [0.25, 0.3) is 6.08 Å². The molecule has 15 heavy (non-hydrogen) atoms. The number of carbonyl (C=O) groups is 1. The number of nitrogens with zero attached hydrogens (tertiary/aromatic N) is 1. The summed E-state index contributed by atoms with van der Waals surface area (Å²) in [6.45, 7) is 1.39. The van der Waals surface area contributed by atoms with Crippen LogP contribution in [-0.2, 0) is 4.79 Å². The van der Waals surface area contributed by atoms with Crippen LogP contribution >= 0.6 is 15.9 Å². The lowest BCUT2D eigenvalue weighted by Crippen LogP contribution is -1.91. The van der Waals surface area contributed by atoms with Crippen LogP contribution in [0.4, 0.5) is 5.69 Å². The Kier molecular flexibility index (Phi) is 3.74. The number of hydrogen-bond donors (Lipinski definition) is 0. The molecule has 0 fully saturated rings. The molecule has 0 N–H and O–H groups in total. The molecule has 0 heterocycles. The molecular formula is C10H8BrNO3. The highest BCUT2D eigenvalue weighted by Gasteiger charge is 2.11. The summed E-state index contributed by atoms with van der Waals surface area (Å²) in [5.74, 6) is -0.146. The van der Waals surface area contributed by atoms with Crippen molar-refractivity contribution >= 4 is 33.5 Å². The molecule has 0 amide bonds. The summed E-state index contributed by atoms with van der Waals surface area (Å²) in [6.07, 6.45) is 2.74. The van der Waals surface area contributed by atoms with Crippen LogP contribution in [0.15, 0.2) is 28.7 Å². The summed E-state index contributed by atoms with van der Waals surface area (Å²) in [4.78, 5) is 20.9. The first-order valence-corrected chi connectivity index (χ1v) is 4.92. The van der Waals surface area contributed by atoms with E-state index in [0.717, 1.165) is 0 Å². The predicted octanol–water partition coefficient (Wildman–Crippen LogP) is 2.96. The van der Waals surface area contributed by atoms with E-state index in [2.05, 4.69) is 15.9 Å². The monoisotopic (exact) mass is 269 g/mol. The Labute approximate surface area is 94.9 Å². The van der Waals surface area contributed by atoms with Crippen molar-refractivity contribution in [3.63, 3.8) is 0 Å². The summed E-state index contributed by atoms with van der Waals surface area (Å²) >= 11 is 3.15. The SMILES string of the molecule is CC(=O)/C=C/c1ccc(Br)cc1[N+](=O)[O-]. The van der Waals surface area contributed by atoms with E-state index in [1.165, 1.54) is 25.1 Å². The molecular weight excluding hydrogens is 262 g/mol. The third-order valence-electron chi connectivity index (χ3n) is 1.69. The maximum atomic E-state index is 10.7. The summed E-state index contributed by atoms with van der Waals surface area (Å²) in [6, 6.07) is 4.67. The van der Waals surface area contributed by atoms with Gasteiger partial charge in [-0.05, 0) is 31.2 Å². The Morgan fingerprint density at radius 3 is 2.73 bits per heavy atom. The highest BCUT2D eigenvalue weighted by atomic mass is 79.9. The van der Waals surface area contributed by atoms with Gasteiger partial charge in [0, 0.05) is 10.5 Å². The van der Waals surface area contributed by atoms with Crippen molar-refractivity contribution in [1.29, 1.82) is 0 Å². The van der Waals surface area contributed by atoms with Crippen molar-refractivity contribution in [2.45, 2.75) is 6.92 Å². The van der Waals surface area contributed by atoms with Crippen molar-refractivity contribution in [2.75, 3.05) is 0 Å². The molecule has 0 aromatic heterocycles. The fourth-order valence-electron chi connectivity index (χ4n) is 1.02. The molecule has 1 aromatic carbocycles. The number of carbonyl (C=O) groups excluding carboxylic acids is 1. The van der Waals surface area contributed by atoms with Gasteiger partial charge in [-0.15, -0.1) is 0 Å². The molecule has 0 atom stereocenters. The summed E-state index contributed by atoms with van der Waals surface area (Å²) < 4.78 is 0.633. The van der Waals surface area contributed by atoms with E-state index in [9.17, 15) is 14.9 Å². The van der Waals surface area contributed by atoms with Crippen molar-refractivity contribution < 1.29 is 9.72 Å². The minimum atomic E-state index is -0.482. The molecule has 0 unspecified atom stereocenters. The van der Waals surface area contributed by atoms with Crippen molar-refractivity contribution in [3.8, 4) is 0 Å². The minimum Gasteiger partial charge on any atom is -0.295 e. The largest absolute Gasteiger partial charge is 0.295 e. The summed E-state index contributed by atoms with van der Waals surface area (Å²) in [7, 11) is 0. The second-order valence-electron chi connectivity index (χ2n) is 2.90. The van der Waals surface area contributed by atoms with E-state index in [0.29, 0.717) is 10.0 Å². The minimum absolute atomic E-state index is 0.0260. The van der Waals surface area contributed by atoms with Gasteiger partial charge in [0.1, 0.15) is 0 Å². The Balaban J connectivity index is 3.17. The zero-order valence-corrected chi connectivity index (χ0v) is 9.52. The molecule has 5 heteroatoms. The Bertz CT molecular complexity index is 440. The second-order valence-corrected chi connectivity index (χ2v) is 3.82. The van der Waals surface area contributed by atoms with E-state index in [1.54, 1.807) is 12.1 Å². The van der Waals surface area contributed by atoms with Crippen LogP contribution in [0, 0.1) is 10.1 Å². The van der Waals surface area contributed by atoms with E-state index < -0.39 is 4.92 Å². The summed E-state index contributed by atoms with van der Waals surface area (Å²) in [5, 5.41) is 10.7. The predicted molar refractivity (Wildman–Crippen MR) is 60.5 cm³/mol. The third kappa shape index (κ3) is 3.28. The Morgan fingerprint density at radius 1 is 1.53 bits per heavy atom. The molecule has 78 valence electrons. The highest BCUT2D eigenvalue weighted by Crippen LogP contribution is 2.24. The van der Waals surface area contributed by atoms with Crippen LogP contribution in [0.2, 0.25) is 0 Å². The van der Waals surface area contributed by atoms with E-state index >= 15 is 0 Å². The first-order chi connectivity index (χ1) is 7.00. The number of rotatable bonds is 3. The molecule has 0 bridgehead atoms. The Morgan fingerprint density at radius 2 is 2.20 bits per heavy atom. The average Bonchev–Trinajstić information content (AvgIpc) is 2.15. The van der Waals surface area contributed by atoms with E-state index in [1.807, 2.05) is 0 Å². The van der Waals surface area contributed by atoms with Crippen molar-refractivity contribution in [2.24, 2.45) is 0 Å². The molecule has 0 aliphatic carbocycles. The molecule has 1 aromatic rings. The molecule has 0 saturated carbocycles. The van der Waals surface area contributed by atoms with E-state index in [4.69, 9.17) is 0 Å². The van der Waals surface area contributed by atoms with Crippen LogP contribution in [0.3, 0.4) is 0 Å². The van der Waals surface area contributed by atoms with Crippen LogP contribution in [0.5, 0.6) is 0 Å². The van der Waals surface area contributed by atoms with Crippen molar-refractivity contribution in [1.82, 2.24) is 0 Å². The number of hydrogen-bond acceptors (Lipinski definition) is 3. The molecule has 0 spiro atoms. The first-order valence-electron chi connectivity index (χ1n) is 4.13. The van der Waals surface area contributed by atoms with Gasteiger partial charge in [0.2, 0.25) is 0 Å². The van der Waals surface area contributed by atoms with Crippen LogP contribution < -0.4 is 0 Å². The maximum absolute atomic E-state index is 10.7. The molecule has 1 rings (SSSR count). The summed E-state index contributed by atoms with van der Waals surface area (Å²) in [5.41, 5.74) is 0.389. The smallest absolute Gasteiger partial charge is 0.277 e. The zero-order valence-electron chi connectivity index (χ0n) is 7.94. The second kappa shape index (κ2) is 4.84. The molecule has 0 aliphatic heterocycles. The van der Waals surface area contributed by atoms with Gasteiger partial charge in [-0.3, -0.25) is 14.9 Å². The fourth-order valence-corrected chi connectivity index (χ4v) is 1.37. The van der Waals surface area contributed by atoms with Gasteiger partial charge in [0.25, 0.3) is 5.69 Å². The topological polar surface area (TPSA) is 60.2 Å². The first kappa shape index (κ1) is 11.6. The van der Waals surface area contributed by atoms with Gasteiger partial charge in [-0.1, -0.05) is 15.9 Å². The highest BCUT2D eigenvalue weighted by molar-refractivity contribution is 9.10. The molecule has 0 radical (unpaired) electrons. The van der Waals surface area contributed by atoms with Gasteiger partial charge < -0.3 is 0 Å². The number of nitro benzene ring substituents is 1. The number of allylic oxidation sites excluding steroid dienone is 1. The lowest BCUT2D eigenvalue weighted by atomic mass is 10.1. The number of benzene rings is 1. The van der Waals surface area contributed by atoms with Gasteiger partial charge in [-0.25, -0.2) is 0 Å². The molecule has 4 nitrogen and oxygen atoms in total. The Hall–Kier alpha value is -1.49. The quantitative estimate of drug-likeness (QED) is 0.482. The van der Waals surface area contributed by atoms with Gasteiger partial charge in [-0.2, -0.15) is 0 Å². The standard InChI is InChI=1S/C10H8BrNO3/c1-7(13)2-3-8-4-5-9(11)6-10(8)12(14)15/h2-6H,1H3/b3-2+. The van der Waals surface area contributed by atoms with E-state index in [-0.39, 0.29) is 11.5 Å². The van der Waals surface area contributed by atoms with Gasteiger partial charge >= 0.3 is 0 Å². The maximum Gasteiger partial charge on any atom is 0.277 e. The van der Waals surface area contributed by atoms with Gasteiger partial charge in [0.15, 0.2) is 5.78 Å².